The molecule has 0 aromatic heterocycles. The first kappa shape index (κ1) is 18.4. The first-order valence-corrected chi connectivity index (χ1v) is 9.09. The third-order valence-corrected chi connectivity index (χ3v) is 5.33. The van der Waals surface area contributed by atoms with Crippen LogP contribution in [0.1, 0.15) is 24.3 Å². The second-order valence-corrected chi connectivity index (χ2v) is 7.10. The molecule has 0 aliphatic carbocycles. The van der Waals surface area contributed by atoms with Gasteiger partial charge < -0.3 is 15.5 Å². The van der Waals surface area contributed by atoms with Gasteiger partial charge in [0.05, 0.1) is 0 Å². The SMILES string of the molecule is CN1CC(=O)N(CCCC(=O)N2C[C@@H](CN)[C@H](c3ccccc3)C2)C1=O. The zero-order valence-corrected chi connectivity index (χ0v) is 15.1. The number of benzene rings is 1. The van der Waals surface area contributed by atoms with Gasteiger partial charge in [-0.1, -0.05) is 30.3 Å². The van der Waals surface area contributed by atoms with Gasteiger partial charge in [0.25, 0.3) is 0 Å². The molecule has 0 saturated carbocycles. The molecule has 2 aliphatic heterocycles. The maximum atomic E-state index is 12.6. The molecule has 1 aromatic rings. The topological polar surface area (TPSA) is 87.0 Å². The number of nitrogens with two attached hydrogens (primary N) is 1. The quantitative estimate of drug-likeness (QED) is 0.764. The van der Waals surface area contributed by atoms with Crippen molar-refractivity contribution in [1.82, 2.24) is 14.7 Å². The molecular formula is C19H26N4O3. The highest BCUT2D eigenvalue weighted by Crippen LogP contribution is 2.32. The van der Waals surface area contributed by atoms with Crippen LogP contribution in [0, 0.1) is 5.92 Å². The molecule has 2 N–H and O–H groups in total. The Balaban J connectivity index is 1.52. The maximum Gasteiger partial charge on any atom is 0.326 e. The number of rotatable bonds is 6. The lowest BCUT2D eigenvalue weighted by Gasteiger charge is -2.18. The summed E-state index contributed by atoms with van der Waals surface area (Å²) in [6.07, 6.45) is 0.823. The Labute approximate surface area is 153 Å². The van der Waals surface area contributed by atoms with Crippen molar-refractivity contribution in [1.29, 1.82) is 0 Å². The minimum atomic E-state index is -0.282. The van der Waals surface area contributed by atoms with E-state index >= 15 is 0 Å². The van der Waals surface area contributed by atoms with Crippen molar-refractivity contribution in [3.63, 3.8) is 0 Å². The van der Waals surface area contributed by atoms with Crippen molar-refractivity contribution in [2.45, 2.75) is 18.8 Å². The maximum absolute atomic E-state index is 12.6. The molecule has 140 valence electrons. The van der Waals surface area contributed by atoms with Crippen molar-refractivity contribution < 1.29 is 14.4 Å². The van der Waals surface area contributed by atoms with Gasteiger partial charge in [-0.3, -0.25) is 14.5 Å². The average molecular weight is 358 g/mol. The van der Waals surface area contributed by atoms with E-state index in [2.05, 4.69) is 12.1 Å². The number of carbonyl (C=O) groups excluding carboxylic acids is 3. The molecule has 0 bridgehead atoms. The molecule has 2 fully saturated rings. The predicted molar refractivity (Wildman–Crippen MR) is 97.3 cm³/mol. The van der Waals surface area contributed by atoms with Gasteiger partial charge in [-0.2, -0.15) is 0 Å². The van der Waals surface area contributed by atoms with Crippen LogP contribution in [-0.2, 0) is 9.59 Å². The monoisotopic (exact) mass is 358 g/mol. The van der Waals surface area contributed by atoms with Gasteiger partial charge >= 0.3 is 6.03 Å². The second-order valence-electron chi connectivity index (χ2n) is 7.10. The highest BCUT2D eigenvalue weighted by molar-refractivity contribution is 6.01. The summed E-state index contributed by atoms with van der Waals surface area (Å²) in [5.41, 5.74) is 7.14. The third kappa shape index (κ3) is 3.72. The van der Waals surface area contributed by atoms with Gasteiger partial charge in [0.2, 0.25) is 11.8 Å². The van der Waals surface area contributed by atoms with Crippen LogP contribution in [-0.4, -0.2) is 72.3 Å². The van der Waals surface area contributed by atoms with Gasteiger partial charge in [0, 0.05) is 39.0 Å². The molecule has 2 aliphatic rings. The Kier molecular flexibility index (Phi) is 5.56. The van der Waals surface area contributed by atoms with Crippen LogP contribution >= 0.6 is 0 Å². The Morgan fingerprint density at radius 1 is 1.19 bits per heavy atom. The molecule has 7 nitrogen and oxygen atoms in total. The van der Waals surface area contributed by atoms with Crippen LogP contribution in [0.5, 0.6) is 0 Å². The Morgan fingerprint density at radius 3 is 2.54 bits per heavy atom. The summed E-state index contributed by atoms with van der Waals surface area (Å²) >= 11 is 0. The number of hydrogen-bond donors (Lipinski definition) is 1. The summed E-state index contributed by atoms with van der Waals surface area (Å²) in [6.45, 7) is 2.31. The van der Waals surface area contributed by atoms with Crippen LogP contribution in [0.3, 0.4) is 0 Å². The molecule has 1 aromatic carbocycles. The average Bonchev–Trinajstić information content (AvgIpc) is 3.18. The molecule has 3 rings (SSSR count). The summed E-state index contributed by atoms with van der Waals surface area (Å²) in [7, 11) is 1.60. The van der Waals surface area contributed by atoms with E-state index in [1.54, 1.807) is 7.05 Å². The zero-order chi connectivity index (χ0) is 18.7. The number of amides is 4. The lowest BCUT2D eigenvalue weighted by molar-refractivity contribution is -0.131. The van der Waals surface area contributed by atoms with Crippen molar-refractivity contribution in [3.05, 3.63) is 35.9 Å². The number of imide groups is 1. The Hall–Kier alpha value is -2.41. The molecule has 4 amide bonds. The van der Waals surface area contributed by atoms with Gasteiger partial charge in [0.15, 0.2) is 0 Å². The molecule has 0 radical (unpaired) electrons. The first-order valence-electron chi connectivity index (χ1n) is 9.09. The van der Waals surface area contributed by atoms with Crippen LogP contribution < -0.4 is 5.73 Å². The lowest BCUT2D eigenvalue weighted by atomic mass is 9.89. The number of likely N-dealkylation sites (N-methyl/N-ethyl adjacent to an activating group) is 1. The van der Waals surface area contributed by atoms with Gasteiger partial charge in [-0.15, -0.1) is 0 Å². The van der Waals surface area contributed by atoms with Crippen LogP contribution in [0.4, 0.5) is 4.79 Å². The van der Waals surface area contributed by atoms with Crippen molar-refractivity contribution in [3.8, 4) is 0 Å². The first-order chi connectivity index (χ1) is 12.5. The fourth-order valence-corrected chi connectivity index (χ4v) is 3.83. The van der Waals surface area contributed by atoms with E-state index in [1.807, 2.05) is 23.1 Å². The molecular weight excluding hydrogens is 332 g/mol. The fraction of sp³-hybridized carbons (Fsp3) is 0.526. The molecule has 7 heteroatoms. The van der Waals surface area contributed by atoms with Crippen LogP contribution in [0.15, 0.2) is 30.3 Å². The summed E-state index contributed by atoms with van der Waals surface area (Å²) < 4.78 is 0. The molecule has 2 heterocycles. The number of carbonyl (C=O) groups is 3. The Morgan fingerprint density at radius 2 is 1.92 bits per heavy atom. The third-order valence-electron chi connectivity index (χ3n) is 5.33. The molecule has 2 atom stereocenters. The van der Waals surface area contributed by atoms with E-state index < -0.39 is 0 Å². The number of urea groups is 1. The lowest BCUT2D eigenvalue weighted by Crippen LogP contribution is -2.34. The highest BCUT2D eigenvalue weighted by Gasteiger charge is 2.36. The van der Waals surface area contributed by atoms with E-state index in [1.165, 1.54) is 15.4 Å². The van der Waals surface area contributed by atoms with Gasteiger partial charge in [-0.25, -0.2) is 4.79 Å². The summed E-state index contributed by atoms with van der Waals surface area (Å²) in [5, 5.41) is 0. The number of hydrogen-bond acceptors (Lipinski definition) is 4. The standard InChI is InChI=1S/C19H26N4O3/c1-21-13-18(25)23(19(21)26)9-5-8-17(24)22-11-15(10-20)16(12-22)14-6-3-2-4-7-14/h2-4,6-7,15-16H,5,8-13,20H2,1H3/t15-,16+/m1/s1. The minimum Gasteiger partial charge on any atom is -0.342 e. The summed E-state index contributed by atoms with van der Waals surface area (Å²) in [6, 6.07) is 9.89. The van der Waals surface area contributed by atoms with E-state index in [0.29, 0.717) is 39.0 Å². The zero-order valence-electron chi connectivity index (χ0n) is 15.1. The van der Waals surface area contributed by atoms with E-state index in [-0.39, 0.29) is 36.2 Å². The van der Waals surface area contributed by atoms with Crippen LogP contribution in [0.25, 0.3) is 0 Å². The predicted octanol–water partition coefficient (Wildman–Crippen LogP) is 0.862. The van der Waals surface area contributed by atoms with E-state index in [4.69, 9.17) is 5.73 Å². The highest BCUT2D eigenvalue weighted by atomic mass is 16.2. The summed E-state index contributed by atoms with van der Waals surface area (Å²) in [4.78, 5) is 40.7. The van der Waals surface area contributed by atoms with Gasteiger partial charge in [-0.05, 0) is 24.4 Å². The number of nitrogens with zero attached hydrogens (tertiary/aromatic N) is 3. The number of likely N-dealkylation sites (tertiary alicyclic amines) is 1. The summed E-state index contributed by atoms with van der Waals surface area (Å²) in [5.74, 6) is 0.394. The van der Waals surface area contributed by atoms with Crippen molar-refractivity contribution in [2.75, 3.05) is 39.8 Å². The second kappa shape index (κ2) is 7.86. The molecule has 0 unspecified atom stereocenters. The molecule has 2 saturated heterocycles. The normalized spacial score (nSPS) is 23.2. The molecule has 0 spiro atoms. The molecule has 26 heavy (non-hydrogen) atoms. The smallest absolute Gasteiger partial charge is 0.326 e. The Bertz CT molecular complexity index is 679. The van der Waals surface area contributed by atoms with Crippen molar-refractivity contribution in [2.24, 2.45) is 11.7 Å². The fourth-order valence-electron chi connectivity index (χ4n) is 3.83. The van der Waals surface area contributed by atoms with Crippen LogP contribution in [0.2, 0.25) is 0 Å². The minimum absolute atomic E-state index is 0.0642. The largest absolute Gasteiger partial charge is 0.342 e. The van der Waals surface area contributed by atoms with E-state index in [0.717, 1.165) is 0 Å². The van der Waals surface area contributed by atoms with Crippen molar-refractivity contribution >= 4 is 17.8 Å². The van der Waals surface area contributed by atoms with Gasteiger partial charge in [0.1, 0.15) is 6.54 Å². The van der Waals surface area contributed by atoms with E-state index in [9.17, 15) is 14.4 Å².